The third-order valence-corrected chi connectivity index (χ3v) is 3.98. The van der Waals surface area contributed by atoms with Crippen LogP contribution in [-0.2, 0) is 16.1 Å². The number of esters is 1. The van der Waals surface area contributed by atoms with E-state index in [0.29, 0.717) is 16.3 Å². The van der Waals surface area contributed by atoms with Crippen LogP contribution in [0, 0.1) is 0 Å². The molecule has 1 heterocycles. The summed E-state index contributed by atoms with van der Waals surface area (Å²) in [5, 5.41) is 6.84. The lowest BCUT2D eigenvalue weighted by atomic mass is 10.2. The summed E-state index contributed by atoms with van der Waals surface area (Å²) in [6, 6.07) is 13.3. The number of carbonyl (C=O) groups is 2. The lowest BCUT2D eigenvalue weighted by Crippen LogP contribution is -2.27. The summed E-state index contributed by atoms with van der Waals surface area (Å²) in [7, 11) is 0. The van der Waals surface area contributed by atoms with Crippen LogP contribution in [0.5, 0.6) is 0 Å². The first-order chi connectivity index (χ1) is 14.2. The van der Waals surface area contributed by atoms with Crippen LogP contribution in [0.15, 0.2) is 53.1 Å². The Hall–Kier alpha value is -3.39. The van der Waals surface area contributed by atoms with E-state index in [4.69, 9.17) is 25.6 Å². The molecule has 1 N–H and O–H groups in total. The second-order valence-electron chi connectivity index (χ2n) is 7.28. The predicted octanol–water partition coefficient (Wildman–Crippen LogP) is 5.09. The van der Waals surface area contributed by atoms with E-state index in [1.54, 1.807) is 63.2 Å². The fraction of sp³-hybridized carbons (Fsp3) is 0.238. The van der Waals surface area contributed by atoms with Crippen molar-refractivity contribution in [3.63, 3.8) is 0 Å². The highest BCUT2D eigenvalue weighted by atomic mass is 35.5. The molecule has 9 heteroatoms. The SMILES string of the molecule is CC(C)(C)OC(=O)Nc1cccc(C(=O)OCc2noc(-c3ccccc3Cl)n2)c1. The van der Waals surface area contributed by atoms with Gasteiger partial charge in [0.15, 0.2) is 6.61 Å². The van der Waals surface area contributed by atoms with Crippen molar-refractivity contribution in [2.24, 2.45) is 0 Å². The molecule has 3 aromatic rings. The van der Waals surface area contributed by atoms with Crippen LogP contribution in [0.3, 0.4) is 0 Å². The van der Waals surface area contributed by atoms with Gasteiger partial charge in [-0.2, -0.15) is 4.98 Å². The Labute approximate surface area is 178 Å². The highest BCUT2D eigenvalue weighted by Gasteiger charge is 2.17. The Balaban J connectivity index is 1.61. The molecular formula is C21H20ClN3O5. The Morgan fingerprint density at radius 1 is 1.13 bits per heavy atom. The molecule has 0 aliphatic rings. The van der Waals surface area contributed by atoms with Gasteiger partial charge >= 0.3 is 12.1 Å². The van der Waals surface area contributed by atoms with Crippen molar-refractivity contribution in [1.82, 2.24) is 10.1 Å². The van der Waals surface area contributed by atoms with Crippen molar-refractivity contribution in [1.29, 1.82) is 0 Å². The maximum absolute atomic E-state index is 12.3. The van der Waals surface area contributed by atoms with Gasteiger partial charge in [-0.05, 0) is 51.1 Å². The Kier molecular flexibility index (Phi) is 6.37. The van der Waals surface area contributed by atoms with E-state index in [-0.39, 0.29) is 23.9 Å². The molecule has 0 saturated heterocycles. The summed E-state index contributed by atoms with van der Waals surface area (Å²) < 4.78 is 15.6. The Morgan fingerprint density at radius 2 is 1.90 bits per heavy atom. The summed E-state index contributed by atoms with van der Waals surface area (Å²) in [4.78, 5) is 28.4. The van der Waals surface area contributed by atoms with Crippen molar-refractivity contribution in [2.45, 2.75) is 33.0 Å². The predicted molar refractivity (Wildman–Crippen MR) is 110 cm³/mol. The topological polar surface area (TPSA) is 104 Å². The van der Waals surface area contributed by atoms with E-state index in [2.05, 4.69) is 15.5 Å². The van der Waals surface area contributed by atoms with Gasteiger partial charge in [0.2, 0.25) is 5.82 Å². The standard InChI is InChI=1S/C21H20ClN3O5/c1-21(2,3)29-20(27)23-14-8-6-7-13(11-14)19(26)28-12-17-24-18(30-25-17)15-9-4-5-10-16(15)22/h4-11H,12H2,1-3H3,(H,23,27). The molecule has 30 heavy (non-hydrogen) atoms. The average molecular weight is 430 g/mol. The summed E-state index contributed by atoms with van der Waals surface area (Å²) in [5.74, 6) is -0.177. The van der Waals surface area contributed by atoms with E-state index >= 15 is 0 Å². The van der Waals surface area contributed by atoms with Gasteiger partial charge in [0.25, 0.3) is 5.89 Å². The minimum absolute atomic E-state index is 0.184. The number of rotatable bonds is 5. The van der Waals surface area contributed by atoms with Crippen LogP contribution in [0.1, 0.15) is 37.0 Å². The number of carbonyl (C=O) groups excluding carboxylic acids is 2. The molecule has 0 saturated carbocycles. The van der Waals surface area contributed by atoms with Gasteiger partial charge in [0.1, 0.15) is 5.60 Å². The van der Waals surface area contributed by atoms with Crippen LogP contribution in [0.25, 0.3) is 11.5 Å². The van der Waals surface area contributed by atoms with E-state index in [0.717, 1.165) is 0 Å². The second kappa shape index (κ2) is 8.96. The highest BCUT2D eigenvalue weighted by Crippen LogP contribution is 2.26. The largest absolute Gasteiger partial charge is 0.454 e. The van der Waals surface area contributed by atoms with Crippen molar-refractivity contribution >= 4 is 29.4 Å². The normalized spacial score (nSPS) is 11.1. The molecule has 0 bridgehead atoms. The fourth-order valence-corrected chi connectivity index (χ4v) is 2.63. The number of halogens is 1. The number of benzene rings is 2. The number of hydrogen-bond acceptors (Lipinski definition) is 7. The monoisotopic (exact) mass is 429 g/mol. The lowest BCUT2D eigenvalue weighted by molar-refractivity contribution is 0.0458. The van der Waals surface area contributed by atoms with E-state index in [9.17, 15) is 9.59 Å². The molecule has 2 aromatic carbocycles. The van der Waals surface area contributed by atoms with Gasteiger partial charge < -0.3 is 14.0 Å². The maximum Gasteiger partial charge on any atom is 0.412 e. The molecule has 8 nitrogen and oxygen atoms in total. The van der Waals surface area contributed by atoms with Crippen LogP contribution < -0.4 is 5.32 Å². The molecule has 3 rings (SSSR count). The Bertz CT molecular complexity index is 1060. The molecule has 0 aliphatic heterocycles. The van der Waals surface area contributed by atoms with Gasteiger partial charge in [-0.3, -0.25) is 5.32 Å². The smallest absolute Gasteiger partial charge is 0.412 e. The number of hydrogen-bond donors (Lipinski definition) is 1. The Morgan fingerprint density at radius 3 is 2.63 bits per heavy atom. The third-order valence-electron chi connectivity index (χ3n) is 3.65. The first-order valence-electron chi connectivity index (χ1n) is 9.06. The quantitative estimate of drug-likeness (QED) is 0.563. The number of nitrogens with one attached hydrogen (secondary N) is 1. The molecule has 0 atom stereocenters. The molecule has 0 radical (unpaired) electrons. The van der Waals surface area contributed by atoms with Crippen molar-refractivity contribution in [3.8, 4) is 11.5 Å². The van der Waals surface area contributed by atoms with Crippen LogP contribution in [0.4, 0.5) is 10.5 Å². The van der Waals surface area contributed by atoms with Gasteiger partial charge in [-0.1, -0.05) is 35.0 Å². The van der Waals surface area contributed by atoms with Crippen LogP contribution in [0.2, 0.25) is 5.02 Å². The van der Waals surface area contributed by atoms with Gasteiger partial charge in [-0.15, -0.1) is 0 Å². The molecule has 1 amide bonds. The van der Waals surface area contributed by atoms with E-state index < -0.39 is 17.7 Å². The van der Waals surface area contributed by atoms with Crippen molar-refractivity contribution in [3.05, 3.63) is 64.9 Å². The zero-order valence-electron chi connectivity index (χ0n) is 16.6. The number of ether oxygens (including phenoxy) is 2. The zero-order valence-corrected chi connectivity index (χ0v) is 17.4. The summed E-state index contributed by atoms with van der Waals surface area (Å²) in [5.41, 5.74) is 0.608. The minimum atomic E-state index is -0.631. The summed E-state index contributed by atoms with van der Waals surface area (Å²) >= 11 is 6.11. The molecule has 0 unspecified atom stereocenters. The molecule has 1 aromatic heterocycles. The zero-order chi connectivity index (χ0) is 21.7. The van der Waals surface area contributed by atoms with Gasteiger partial charge in [0.05, 0.1) is 16.1 Å². The fourth-order valence-electron chi connectivity index (χ4n) is 2.42. The van der Waals surface area contributed by atoms with Crippen LogP contribution >= 0.6 is 11.6 Å². The summed E-state index contributed by atoms with van der Waals surface area (Å²) in [6.07, 6.45) is -0.619. The number of anilines is 1. The van der Waals surface area contributed by atoms with Crippen molar-refractivity contribution < 1.29 is 23.6 Å². The highest BCUT2D eigenvalue weighted by molar-refractivity contribution is 6.33. The third kappa shape index (κ3) is 5.81. The average Bonchev–Trinajstić information content (AvgIpc) is 3.14. The number of nitrogens with zero attached hydrogens (tertiary/aromatic N) is 2. The van der Waals surface area contributed by atoms with E-state index in [1.165, 1.54) is 6.07 Å². The van der Waals surface area contributed by atoms with E-state index in [1.807, 2.05) is 0 Å². The molecule has 0 fully saturated rings. The lowest BCUT2D eigenvalue weighted by Gasteiger charge is -2.19. The maximum atomic E-state index is 12.3. The molecule has 0 aliphatic carbocycles. The number of amides is 1. The van der Waals surface area contributed by atoms with Crippen molar-refractivity contribution in [2.75, 3.05) is 5.32 Å². The summed E-state index contributed by atoms with van der Waals surface area (Å²) in [6.45, 7) is 5.09. The number of aromatic nitrogens is 2. The van der Waals surface area contributed by atoms with Gasteiger partial charge in [-0.25, -0.2) is 9.59 Å². The molecular weight excluding hydrogens is 410 g/mol. The molecule has 156 valence electrons. The second-order valence-corrected chi connectivity index (χ2v) is 7.69. The first-order valence-corrected chi connectivity index (χ1v) is 9.44. The molecule has 0 spiro atoms. The minimum Gasteiger partial charge on any atom is -0.454 e. The van der Waals surface area contributed by atoms with Gasteiger partial charge in [0, 0.05) is 5.69 Å². The van der Waals surface area contributed by atoms with Crippen LogP contribution in [-0.4, -0.2) is 27.8 Å². The first kappa shape index (κ1) is 21.3.